The van der Waals surface area contributed by atoms with E-state index in [1.54, 1.807) is 0 Å². The summed E-state index contributed by atoms with van der Waals surface area (Å²) in [6.45, 7) is 3.78. The van der Waals surface area contributed by atoms with Gasteiger partial charge in [0, 0.05) is 37.3 Å². The second-order valence-electron chi connectivity index (χ2n) is 5.52. The van der Waals surface area contributed by atoms with Crippen molar-refractivity contribution in [1.29, 1.82) is 0 Å². The summed E-state index contributed by atoms with van der Waals surface area (Å²) in [5, 5.41) is 1.18. The van der Waals surface area contributed by atoms with E-state index in [4.69, 9.17) is 0 Å². The van der Waals surface area contributed by atoms with E-state index in [9.17, 15) is 0 Å². The third-order valence-corrected chi connectivity index (χ3v) is 3.63. The quantitative estimate of drug-likeness (QED) is 0.724. The summed E-state index contributed by atoms with van der Waals surface area (Å²) in [7, 11) is 2.11. The van der Waals surface area contributed by atoms with E-state index < -0.39 is 0 Å². The number of rotatable bonds is 5. The molecule has 3 aromatic rings. The Hall–Kier alpha value is -2.33. The Labute approximate surface area is 130 Å². The summed E-state index contributed by atoms with van der Waals surface area (Å²) in [5.74, 6) is 0.905. The zero-order chi connectivity index (χ0) is 15.4. The zero-order valence-corrected chi connectivity index (χ0v) is 13.0. The Bertz CT molecular complexity index is 770. The highest BCUT2D eigenvalue weighted by atomic mass is 15.1. The molecule has 0 aliphatic rings. The van der Waals surface area contributed by atoms with Crippen molar-refractivity contribution < 1.29 is 0 Å². The monoisotopic (exact) mass is 292 g/mol. The van der Waals surface area contributed by atoms with Crippen molar-refractivity contribution >= 4 is 10.9 Å². The van der Waals surface area contributed by atoms with Gasteiger partial charge in [-0.2, -0.15) is 0 Å². The predicted molar refractivity (Wildman–Crippen MR) is 88.3 cm³/mol. The molecule has 0 aliphatic heterocycles. The lowest BCUT2D eigenvalue weighted by molar-refractivity contribution is 0.314. The average molecular weight is 292 g/mol. The normalized spacial score (nSPS) is 11.2. The fourth-order valence-electron chi connectivity index (χ4n) is 2.57. The van der Waals surface area contributed by atoms with E-state index in [0.29, 0.717) is 0 Å². The van der Waals surface area contributed by atoms with Crippen molar-refractivity contribution in [3.63, 3.8) is 0 Å². The Kier molecular flexibility index (Phi) is 4.39. The molecule has 1 aromatic carbocycles. The van der Waals surface area contributed by atoms with Crippen LogP contribution in [0.25, 0.3) is 10.9 Å². The van der Waals surface area contributed by atoms with E-state index in [2.05, 4.69) is 58.1 Å². The van der Waals surface area contributed by atoms with Gasteiger partial charge in [0.05, 0.1) is 11.2 Å². The fourth-order valence-corrected chi connectivity index (χ4v) is 2.57. The van der Waals surface area contributed by atoms with Crippen LogP contribution < -0.4 is 0 Å². The molecule has 0 radical (unpaired) electrons. The van der Waals surface area contributed by atoms with Gasteiger partial charge >= 0.3 is 0 Å². The molecule has 0 atom stereocenters. The van der Waals surface area contributed by atoms with Gasteiger partial charge in [-0.15, -0.1) is 0 Å². The molecular formula is C18H20N4. The number of hydrogen-bond acceptors (Lipinski definition) is 4. The van der Waals surface area contributed by atoms with E-state index in [1.807, 2.05) is 24.5 Å². The standard InChI is InChI=1S/C18H20N4/c1-3-18-20-10-8-16(21-18)13-22(2)12-14-6-7-17-15(11-14)5-4-9-19-17/h4-11H,3,12-13H2,1-2H3. The minimum Gasteiger partial charge on any atom is -0.296 e. The van der Waals surface area contributed by atoms with Gasteiger partial charge in [0.15, 0.2) is 0 Å². The second-order valence-corrected chi connectivity index (χ2v) is 5.52. The van der Waals surface area contributed by atoms with Crippen LogP contribution in [0, 0.1) is 0 Å². The molecule has 0 bridgehead atoms. The number of pyridine rings is 1. The van der Waals surface area contributed by atoms with Crippen LogP contribution in [-0.4, -0.2) is 26.9 Å². The van der Waals surface area contributed by atoms with Crippen LogP contribution in [0.15, 0.2) is 48.8 Å². The Morgan fingerprint density at radius 2 is 1.91 bits per heavy atom. The molecule has 0 fully saturated rings. The maximum atomic E-state index is 4.56. The predicted octanol–water partition coefficient (Wildman–Crippen LogP) is 3.22. The number of aromatic nitrogens is 3. The van der Waals surface area contributed by atoms with Crippen molar-refractivity contribution in [2.24, 2.45) is 0 Å². The van der Waals surface area contributed by atoms with Crippen LogP contribution >= 0.6 is 0 Å². The molecule has 0 unspecified atom stereocenters. The SMILES string of the molecule is CCc1nccc(CN(C)Cc2ccc3ncccc3c2)n1. The van der Waals surface area contributed by atoms with Crippen LogP contribution in [0.3, 0.4) is 0 Å². The van der Waals surface area contributed by atoms with Gasteiger partial charge in [-0.25, -0.2) is 9.97 Å². The van der Waals surface area contributed by atoms with Crippen LogP contribution in [0.4, 0.5) is 0 Å². The molecule has 0 saturated heterocycles. The van der Waals surface area contributed by atoms with Crippen LogP contribution in [0.5, 0.6) is 0 Å². The van der Waals surface area contributed by atoms with Gasteiger partial charge in [0.2, 0.25) is 0 Å². The van der Waals surface area contributed by atoms with Gasteiger partial charge in [0.25, 0.3) is 0 Å². The van der Waals surface area contributed by atoms with Crippen molar-refractivity contribution in [1.82, 2.24) is 19.9 Å². The van der Waals surface area contributed by atoms with Crippen LogP contribution in [0.2, 0.25) is 0 Å². The first-order chi connectivity index (χ1) is 10.7. The molecular weight excluding hydrogens is 272 g/mol. The minimum absolute atomic E-state index is 0.820. The van der Waals surface area contributed by atoms with Gasteiger partial charge < -0.3 is 0 Å². The minimum atomic E-state index is 0.820. The summed E-state index contributed by atoms with van der Waals surface area (Å²) in [5.41, 5.74) is 3.39. The summed E-state index contributed by atoms with van der Waals surface area (Å²) in [4.78, 5) is 15.4. The maximum absolute atomic E-state index is 4.56. The molecule has 4 heteroatoms. The first-order valence-electron chi connectivity index (χ1n) is 7.57. The van der Waals surface area contributed by atoms with Gasteiger partial charge in [-0.1, -0.05) is 19.1 Å². The Balaban J connectivity index is 1.70. The highest BCUT2D eigenvalue weighted by Gasteiger charge is 2.05. The highest BCUT2D eigenvalue weighted by Crippen LogP contribution is 2.15. The molecule has 22 heavy (non-hydrogen) atoms. The molecule has 2 aromatic heterocycles. The maximum Gasteiger partial charge on any atom is 0.128 e. The number of aryl methyl sites for hydroxylation is 1. The molecule has 0 saturated carbocycles. The summed E-state index contributed by atoms with van der Waals surface area (Å²) >= 11 is 0. The second kappa shape index (κ2) is 6.62. The van der Waals surface area contributed by atoms with E-state index in [0.717, 1.165) is 36.5 Å². The lowest BCUT2D eigenvalue weighted by Crippen LogP contribution is -2.18. The lowest BCUT2D eigenvalue weighted by Gasteiger charge is -2.16. The lowest BCUT2D eigenvalue weighted by atomic mass is 10.1. The smallest absolute Gasteiger partial charge is 0.128 e. The Morgan fingerprint density at radius 1 is 1.00 bits per heavy atom. The summed E-state index contributed by atoms with van der Waals surface area (Å²) in [6.07, 6.45) is 4.54. The van der Waals surface area contributed by atoms with E-state index in [1.165, 1.54) is 10.9 Å². The van der Waals surface area contributed by atoms with Gasteiger partial charge in [0.1, 0.15) is 5.82 Å². The Morgan fingerprint density at radius 3 is 2.77 bits per heavy atom. The number of benzene rings is 1. The van der Waals surface area contributed by atoms with Crippen molar-refractivity contribution in [3.8, 4) is 0 Å². The van der Waals surface area contributed by atoms with E-state index >= 15 is 0 Å². The number of hydrogen-bond donors (Lipinski definition) is 0. The molecule has 3 rings (SSSR count). The first kappa shape index (κ1) is 14.6. The molecule has 4 nitrogen and oxygen atoms in total. The topological polar surface area (TPSA) is 41.9 Å². The third kappa shape index (κ3) is 3.46. The number of fused-ring (bicyclic) bond motifs is 1. The van der Waals surface area contributed by atoms with Crippen LogP contribution in [0.1, 0.15) is 24.0 Å². The zero-order valence-electron chi connectivity index (χ0n) is 13.0. The molecule has 2 heterocycles. The van der Waals surface area contributed by atoms with Gasteiger partial charge in [-0.05, 0) is 36.9 Å². The molecule has 0 N–H and O–H groups in total. The first-order valence-corrected chi connectivity index (χ1v) is 7.57. The molecule has 112 valence electrons. The average Bonchev–Trinajstić information content (AvgIpc) is 2.55. The van der Waals surface area contributed by atoms with Crippen LogP contribution in [-0.2, 0) is 19.5 Å². The van der Waals surface area contributed by atoms with E-state index in [-0.39, 0.29) is 0 Å². The highest BCUT2D eigenvalue weighted by molar-refractivity contribution is 5.78. The third-order valence-electron chi connectivity index (χ3n) is 3.63. The van der Waals surface area contributed by atoms with Crippen molar-refractivity contribution in [3.05, 3.63) is 65.9 Å². The molecule has 0 aliphatic carbocycles. The van der Waals surface area contributed by atoms with Crippen molar-refractivity contribution in [2.45, 2.75) is 26.4 Å². The van der Waals surface area contributed by atoms with Gasteiger partial charge in [-0.3, -0.25) is 9.88 Å². The molecule has 0 spiro atoms. The summed E-state index contributed by atoms with van der Waals surface area (Å²) in [6, 6.07) is 12.5. The molecule has 0 amide bonds. The largest absolute Gasteiger partial charge is 0.296 e. The van der Waals surface area contributed by atoms with Crippen molar-refractivity contribution in [2.75, 3.05) is 7.05 Å². The fraction of sp³-hybridized carbons (Fsp3) is 0.278. The summed E-state index contributed by atoms with van der Waals surface area (Å²) < 4.78 is 0. The number of nitrogens with zero attached hydrogens (tertiary/aromatic N) is 4.